The maximum absolute atomic E-state index is 13.3. The predicted molar refractivity (Wildman–Crippen MR) is 118 cm³/mol. The quantitative estimate of drug-likeness (QED) is 0.607. The molecule has 1 fully saturated rings. The topological polar surface area (TPSA) is 62.7 Å². The summed E-state index contributed by atoms with van der Waals surface area (Å²) in [5, 5.41) is 0.850. The number of hydrogen-bond acceptors (Lipinski definition) is 5. The Morgan fingerprint density at radius 1 is 0.967 bits per heavy atom. The van der Waals surface area contributed by atoms with Crippen molar-refractivity contribution in [2.24, 2.45) is 0 Å². The van der Waals surface area contributed by atoms with Gasteiger partial charge >= 0.3 is 0 Å². The molecule has 0 amide bonds. The molecule has 0 N–H and O–H groups in total. The Labute approximate surface area is 178 Å². The SMILES string of the molecule is Cc1ccc(OCCN2CCN(S(=O)(=O)c3cccc4cc(C)cnc34)CC2)cc1. The van der Waals surface area contributed by atoms with E-state index >= 15 is 0 Å². The molecule has 1 aliphatic rings. The normalized spacial score (nSPS) is 16.1. The van der Waals surface area contributed by atoms with Crippen LogP contribution in [0.1, 0.15) is 11.1 Å². The van der Waals surface area contributed by atoms with E-state index in [0.29, 0.717) is 38.3 Å². The Morgan fingerprint density at radius 3 is 2.43 bits per heavy atom. The van der Waals surface area contributed by atoms with Gasteiger partial charge in [0.05, 0.1) is 5.52 Å². The molecular formula is C23H27N3O3S. The van der Waals surface area contributed by atoms with Crippen LogP contribution in [0.15, 0.2) is 59.6 Å². The molecule has 6 nitrogen and oxygen atoms in total. The van der Waals surface area contributed by atoms with E-state index in [2.05, 4.69) is 9.88 Å². The van der Waals surface area contributed by atoms with Gasteiger partial charge in [-0.05, 0) is 43.7 Å². The van der Waals surface area contributed by atoms with Gasteiger partial charge in [0.25, 0.3) is 0 Å². The van der Waals surface area contributed by atoms with Gasteiger partial charge in [-0.3, -0.25) is 9.88 Å². The van der Waals surface area contributed by atoms with Crippen LogP contribution in [0.3, 0.4) is 0 Å². The number of para-hydroxylation sites is 1. The minimum atomic E-state index is -3.58. The molecule has 0 atom stereocenters. The van der Waals surface area contributed by atoms with Crippen LogP contribution in [-0.2, 0) is 10.0 Å². The van der Waals surface area contributed by atoms with Gasteiger partial charge in [-0.2, -0.15) is 4.31 Å². The summed E-state index contributed by atoms with van der Waals surface area (Å²) in [6.45, 7) is 7.67. The van der Waals surface area contributed by atoms with Crippen molar-refractivity contribution < 1.29 is 13.2 Å². The van der Waals surface area contributed by atoms with Crippen LogP contribution in [-0.4, -0.2) is 61.9 Å². The molecule has 0 bridgehead atoms. The number of aryl methyl sites for hydroxylation is 2. The van der Waals surface area contributed by atoms with Crippen LogP contribution in [0.25, 0.3) is 10.9 Å². The predicted octanol–water partition coefficient (Wildman–Crippen LogP) is 3.24. The van der Waals surface area contributed by atoms with E-state index in [1.807, 2.05) is 50.2 Å². The molecule has 158 valence electrons. The van der Waals surface area contributed by atoms with Crippen LogP contribution in [0.4, 0.5) is 0 Å². The van der Waals surface area contributed by atoms with Gasteiger partial charge in [0.2, 0.25) is 10.0 Å². The van der Waals surface area contributed by atoms with Gasteiger partial charge in [0.15, 0.2) is 0 Å². The van der Waals surface area contributed by atoms with E-state index in [4.69, 9.17) is 4.74 Å². The maximum atomic E-state index is 13.3. The summed E-state index contributed by atoms with van der Waals surface area (Å²) in [5.41, 5.74) is 2.76. The first-order chi connectivity index (χ1) is 14.4. The van der Waals surface area contributed by atoms with E-state index in [0.717, 1.165) is 23.2 Å². The monoisotopic (exact) mass is 425 g/mol. The third-order valence-corrected chi connectivity index (χ3v) is 7.39. The molecule has 7 heteroatoms. The molecule has 0 aliphatic carbocycles. The lowest BCUT2D eigenvalue weighted by Crippen LogP contribution is -2.49. The van der Waals surface area contributed by atoms with Crippen molar-refractivity contribution in [2.45, 2.75) is 18.7 Å². The summed E-state index contributed by atoms with van der Waals surface area (Å²) in [6, 6.07) is 15.3. The first-order valence-electron chi connectivity index (χ1n) is 10.2. The van der Waals surface area contributed by atoms with E-state index < -0.39 is 10.0 Å². The van der Waals surface area contributed by atoms with Crippen LogP contribution in [0.2, 0.25) is 0 Å². The molecule has 3 aromatic rings. The van der Waals surface area contributed by atoms with Crippen molar-refractivity contribution in [3.8, 4) is 5.75 Å². The van der Waals surface area contributed by atoms with Crippen LogP contribution in [0, 0.1) is 13.8 Å². The molecule has 1 aromatic heterocycles. The van der Waals surface area contributed by atoms with Gasteiger partial charge < -0.3 is 4.74 Å². The second-order valence-electron chi connectivity index (χ2n) is 7.75. The molecular weight excluding hydrogens is 398 g/mol. The minimum Gasteiger partial charge on any atom is -0.492 e. The van der Waals surface area contributed by atoms with Crippen molar-refractivity contribution >= 4 is 20.9 Å². The molecule has 0 spiro atoms. The Hall–Kier alpha value is -2.48. The van der Waals surface area contributed by atoms with Crippen molar-refractivity contribution in [3.63, 3.8) is 0 Å². The number of ether oxygens (including phenoxy) is 1. The number of benzene rings is 2. The van der Waals surface area contributed by atoms with Gasteiger partial charge in [-0.25, -0.2) is 8.42 Å². The zero-order valence-corrected chi connectivity index (χ0v) is 18.2. The van der Waals surface area contributed by atoms with Gasteiger partial charge in [-0.15, -0.1) is 0 Å². The Balaban J connectivity index is 1.37. The molecule has 1 saturated heterocycles. The Morgan fingerprint density at radius 2 is 1.70 bits per heavy atom. The third-order valence-electron chi connectivity index (χ3n) is 5.46. The van der Waals surface area contributed by atoms with Crippen molar-refractivity contribution in [2.75, 3.05) is 39.3 Å². The number of piperazine rings is 1. The number of rotatable bonds is 6. The molecule has 0 saturated carbocycles. The molecule has 2 aromatic carbocycles. The number of aromatic nitrogens is 1. The van der Waals surface area contributed by atoms with E-state index in [9.17, 15) is 8.42 Å². The van der Waals surface area contributed by atoms with E-state index in [1.165, 1.54) is 5.56 Å². The third kappa shape index (κ3) is 4.48. The molecule has 30 heavy (non-hydrogen) atoms. The summed E-state index contributed by atoms with van der Waals surface area (Å²) in [7, 11) is -3.58. The summed E-state index contributed by atoms with van der Waals surface area (Å²) < 4.78 is 33.9. The van der Waals surface area contributed by atoms with Crippen molar-refractivity contribution in [1.82, 2.24) is 14.2 Å². The lowest BCUT2D eigenvalue weighted by molar-refractivity contribution is 0.159. The van der Waals surface area contributed by atoms with E-state index in [1.54, 1.807) is 22.6 Å². The Kier molecular flexibility index (Phi) is 6.04. The average molecular weight is 426 g/mol. The lowest BCUT2D eigenvalue weighted by Gasteiger charge is -2.33. The first kappa shape index (κ1) is 20.8. The highest BCUT2D eigenvalue weighted by molar-refractivity contribution is 7.89. The highest BCUT2D eigenvalue weighted by atomic mass is 32.2. The molecule has 2 heterocycles. The minimum absolute atomic E-state index is 0.288. The van der Waals surface area contributed by atoms with Crippen LogP contribution in [0.5, 0.6) is 5.75 Å². The summed E-state index contributed by atoms with van der Waals surface area (Å²) in [4.78, 5) is 6.93. The lowest BCUT2D eigenvalue weighted by atomic mass is 10.2. The van der Waals surface area contributed by atoms with E-state index in [-0.39, 0.29) is 4.90 Å². The highest BCUT2D eigenvalue weighted by Crippen LogP contribution is 2.25. The summed E-state index contributed by atoms with van der Waals surface area (Å²) in [5.74, 6) is 0.862. The number of pyridine rings is 1. The fourth-order valence-electron chi connectivity index (χ4n) is 3.71. The molecule has 4 rings (SSSR count). The van der Waals surface area contributed by atoms with Gasteiger partial charge in [-0.1, -0.05) is 29.8 Å². The second-order valence-corrected chi connectivity index (χ2v) is 9.65. The fourth-order valence-corrected chi connectivity index (χ4v) is 5.30. The summed E-state index contributed by atoms with van der Waals surface area (Å²) >= 11 is 0. The van der Waals surface area contributed by atoms with Crippen LogP contribution < -0.4 is 4.74 Å². The Bertz CT molecular complexity index is 1120. The molecule has 0 radical (unpaired) electrons. The number of nitrogens with zero attached hydrogens (tertiary/aromatic N) is 3. The maximum Gasteiger partial charge on any atom is 0.245 e. The standard InChI is InChI=1S/C23H27N3O3S/c1-18-6-8-21(9-7-18)29-15-14-25-10-12-26(13-11-25)30(27,28)22-5-3-4-20-16-19(2)17-24-23(20)22/h3-9,16-17H,10-15H2,1-2H3. The number of sulfonamides is 1. The van der Waals surface area contributed by atoms with Crippen molar-refractivity contribution in [1.29, 1.82) is 0 Å². The zero-order chi connectivity index (χ0) is 21.1. The summed E-state index contributed by atoms with van der Waals surface area (Å²) in [6.07, 6.45) is 1.72. The van der Waals surface area contributed by atoms with Crippen molar-refractivity contribution in [3.05, 3.63) is 65.9 Å². The average Bonchev–Trinajstić information content (AvgIpc) is 2.75. The molecule has 0 unspecified atom stereocenters. The largest absolute Gasteiger partial charge is 0.492 e. The molecule has 1 aliphatic heterocycles. The van der Waals surface area contributed by atoms with Crippen LogP contribution >= 0.6 is 0 Å². The number of fused-ring (bicyclic) bond motifs is 1. The number of hydrogen-bond donors (Lipinski definition) is 0. The second kappa shape index (κ2) is 8.71. The van der Waals surface area contributed by atoms with Gasteiger partial charge in [0, 0.05) is 44.3 Å². The smallest absolute Gasteiger partial charge is 0.245 e. The zero-order valence-electron chi connectivity index (χ0n) is 17.4. The fraction of sp³-hybridized carbons (Fsp3) is 0.348. The first-order valence-corrected chi connectivity index (χ1v) is 11.6. The highest BCUT2D eigenvalue weighted by Gasteiger charge is 2.30. The van der Waals surface area contributed by atoms with Gasteiger partial charge in [0.1, 0.15) is 17.3 Å².